The van der Waals surface area contributed by atoms with Gasteiger partial charge >= 0.3 is 6.18 Å². The first kappa shape index (κ1) is 21.8. The van der Waals surface area contributed by atoms with Gasteiger partial charge in [0.2, 0.25) is 21.1 Å². The van der Waals surface area contributed by atoms with Crippen LogP contribution in [0.15, 0.2) is 53.6 Å². The molecule has 0 unspecified atom stereocenters. The highest BCUT2D eigenvalue weighted by Crippen LogP contribution is 2.34. The Labute approximate surface area is 173 Å². The van der Waals surface area contributed by atoms with Crippen LogP contribution in [0, 0.1) is 0 Å². The molecule has 0 radical (unpaired) electrons. The van der Waals surface area contributed by atoms with Crippen molar-refractivity contribution in [2.24, 2.45) is 0 Å². The third-order valence-corrected chi connectivity index (χ3v) is 6.21. The average molecular weight is 457 g/mol. The van der Waals surface area contributed by atoms with Crippen molar-refractivity contribution in [3.63, 3.8) is 0 Å². The van der Waals surface area contributed by atoms with Crippen molar-refractivity contribution in [1.29, 1.82) is 0 Å². The van der Waals surface area contributed by atoms with E-state index in [2.05, 4.69) is 20.5 Å². The molecule has 0 aliphatic heterocycles. The number of sulfonamides is 1. The summed E-state index contributed by atoms with van der Waals surface area (Å²) >= 11 is 1.01. The minimum absolute atomic E-state index is 0.0855. The molecule has 30 heavy (non-hydrogen) atoms. The molecule has 0 aliphatic rings. The summed E-state index contributed by atoms with van der Waals surface area (Å²) in [7, 11) is -4.62. The maximum Gasteiger partial charge on any atom is 0.417 e. The second-order valence-corrected chi connectivity index (χ2v) is 8.61. The van der Waals surface area contributed by atoms with E-state index in [9.17, 15) is 26.4 Å². The molecule has 0 saturated heterocycles. The number of halogens is 3. The van der Waals surface area contributed by atoms with Crippen molar-refractivity contribution in [3.8, 4) is 10.7 Å². The third kappa shape index (κ3) is 4.98. The third-order valence-electron chi connectivity index (χ3n) is 3.75. The standard InChI is InChI=1S/C17H14F3N5O3S2/c1-10(25-30(27,28)13-8-3-2-6-11(13)17(18,19)20)14(26)22-16-24-23-15(29-16)12-7-4-5-9-21-12/h2-10,25H,1H3,(H,22,24,26)/t10-/m0/s1. The fraction of sp³-hybridized carbons (Fsp3) is 0.176. The van der Waals surface area contributed by atoms with Gasteiger partial charge in [-0.25, -0.2) is 8.42 Å². The van der Waals surface area contributed by atoms with Crippen LogP contribution < -0.4 is 10.0 Å². The molecule has 1 aromatic carbocycles. The summed E-state index contributed by atoms with van der Waals surface area (Å²) in [4.78, 5) is 15.4. The van der Waals surface area contributed by atoms with Gasteiger partial charge in [-0.1, -0.05) is 29.5 Å². The Morgan fingerprint density at radius 1 is 1.10 bits per heavy atom. The summed E-state index contributed by atoms with van der Waals surface area (Å²) in [6, 6.07) is 7.50. The minimum atomic E-state index is -4.87. The lowest BCUT2D eigenvalue weighted by Crippen LogP contribution is -2.42. The maximum atomic E-state index is 13.1. The number of amides is 1. The Kier molecular flexibility index (Phi) is 6.14. The molecule has 158 valence electrons. The van der Waals surface area contributed by atoms with E-state index in [0.29, 0.717) is 16.8 Å². The lowest BCUT2D eigenvalue weighted by Gasteiger charge is -2.16. The van der Waals surface area contributed by atoms with Gasteiger partial charge in [-0.05, 0) is 31.2 Å². The number of anilines is 1. The van der Waals surface area contributed by atoms with Crippen LogP contribution in [0.5, 0.6) is 0 Å². The van der Waals surface area contributed by atoms with Crippen LogP contribution in [0.1, 0.15) is 12.5 Å². The number of nitrogens with one attached hydrogen (secondary N) is 2. The second-order valence-electron chi connectivity index (χ2n) is 5.95. The molecule has 0 spiro atoms. The molecule has 0 bridgehead atoms. The van der Waals surface area contributed by atoms with E-state index in [1.807, 2.05) is 4.72 Å². The predicted molar refractivity (Wildman–Crippen MR) is 103 cm³/mol. The number of carbonyl (C=O) groups is 1. The highest BCUT2D eigenvalue weighted by Gasteiger charge is 2.37. The van der Waals surface area contributed by atoms with Crippen molar-refractivity contribution in [3.05, 3.63) is 54.2 Å². The van der Waals surface area contributed by atoms with Gasteiger partial charge in [0, 0.05) is 6.20 Å². The molecule has 8 nitrogen and oxygen atoms in total. The first-order valence-electron chi connectivity index (χ1n) is 8.32. The molecule has 2 aromatic heterocycles. The van der Waals surface area contributed by atoms with Crippen molar-refractivity contribution in [2.45, 2.75) is 24.0 Å². The number of hydrogen-bond donors (Lipinski definition) is 2. The maximum absolute atomic E-state index is 13.1. The van der Waals surface area contributed by atoms with E-state index in [-0.39, 0.29) is 5.13 Å². The Bertz CT molecular complexity index is 1150. The average Bonchev–Trinajstić information content (AvgIpc) is 3.16. The Morgan fingerprint density at radius 3 is 2.47 bits per heavy atom. The highest BCUT2D eigenvalue weighted by atomic mass is 32.2. The summed E-state index contributed by atoms with van der Waals surface area (Å²) in [5, 5.41) is 10.6. The summed E-state index contributed by atoms with van der Waals surface area (Å²) in [6.07, 6.45) is -3.31. The van der Waals surface area contributed by atoms with Crippen LogP contribution in [-0.2, 0) is 21.0 Å². The Morgan fingerprint density at radius 2 is 1.80 bits per heavy atom. The number of aromatic nitrogens is 3. The highest BCUT2D eigenvalue weighted by molar-refractivity contribution is 7.89. The first-order valence-corrected chi connectivity index (χ1v) is 10.6. The fourth-order valence-electron chi connectivity index (χ4n) is 2.37. The predicted octanol–water partition coefficient (Wildman–Crippen LogP) is 2.92. The van der Waals surface area contributed by atoms with Gasteiger partial charge in [0.1, 0.15) is 5.69 Å². The quantitative estimate of drug-likeness (QED) is 0.588. The molecule has 0 fully saturated rings. The van der Waals surface area contributed by atoms with E-state index < -0.39 is 38.6 Å². The van der Waals surface area contributed by atoms with Gasteiger partial charge < -0.3 is 0 Å². The van der Waals surface area contributed by atoms with Crippen molar-refractivity contribution in [2.75, 3.05) is 5.32 Å². The molecule has 0 saturated carbocycles. The molecular weight excluding hydrogens is 443 g/mol. The summed E-state index contributed by atoms with van der Waals surface area (Å²) in [5.74, 6) is -0.813. The number of benzene rings is 1. The molecule has 13 heteroatoms. The zero-order chi connectivity index (χ0) is 21.9. The molecule has 1 amide bonds. The van der Waals surface area contributed by atoms with Gasteiger partial charge in [-0.2, -0.15) is 17.9 Å². The van der Waals surface area contributed by atoms with Crippen LogP contribution in [-0.4, -0.2) is 35.5 Å². The lowest BCUT2D eigenvalue weighted by atomic mass is 10.2. The van der Waals surface area contributed by atoms with Gasteiger partial charge in [-0.15, -0.1) is 10.2 Å². The molecular formula is C17H14F3N5O3S2. The number of hydrogen-bond acceptors (Lipinski definition) is 7. The first-order chi connectivity index (χ1) is 14.1. The molecule has 3 aromatic rings. The van der Waals surface area contributed by atoms with E-state index in [0.717, 1.165) is 29.5 Å². The molecule has 2 heterocycles. The van der Waals surface area contributed by atoms with Crippen molar-refractivity contribution in [1.82, 2.24) is 19.9 Å². The number of nitrogens with zero attached hydrogens (tertiary/aromatic N) is 3. The topological polar surface area (TPSA) is 114 Å². The van der Waals surface area contributed by atoms with Crippen molar-refractivity contribution >= 4 is 32.4 Å². The van der Waals surface area contributed by atoms with E-state index >= 15 is 0 Å². The molecule has 3 rings (SSSR count). The van der Waals surface area contributed by atoms with Crippen LogP contribution in [0.25, 0.3) is 10.7 Å². The number of alkyl halides is 3. The fourth-order valence-corrected chi connectivity index (χ4v) is 4.52. The lowest BCUT2D eigenvalue weighted by molar-refractivity contribution is -0.139. The minimum Gasteiger partial charge on any atom is -0.299 e. The summed E-state index contributed by atoms with van der Waals surface area (Å²) in [6.45, 7) is 1.20. The van der Waals surface area contributed by atoms with Gasteiger partial charge in [0.25, 0.3) is 0 Å². The Hall–Kier alpha value is -2.90. The van der Waals surface area contributed by atoms with E-state index in [4.69, 9.17) is 0 Å². The summed E-state index contributed by atoms with van der Waals surface area (Å²) in [5.41, 5.74) is -0.790. The van der Waals surface area contributed by atoms with Crippen LogP contribution in [0.3, 0.4) is 0 Å². The van der Waals surface area contributed by atoms with E-state index in [1.54, 1.807) is 24.4 Å². The van der Waals surface area contributed by atoms with E-state index in [1.165, 1.54) is 6.92 Å². The summed E-state index contributed by atoms with van der Waals surface area (Å²) < 4.78 is 66.2. The second kappa shape index (κ2) is 8.45. The molecule has 1 atom stereocenters. The van der Waals surface area contributed by atoms with Crippen molar-refractivity contribution < 1.29 is 26.4 Å². The van der Waals surface area contributed by atoms with Gasteiger partial charge in [0.15, 0.2) is 5.01 Å². The monoisotopic (exact) mass is 457 g/mol. The van der Waals surface area contributed by atoms with Gasteiger partial charge in [-0.3, -0.25) is 15.1 Å². The number of pyridine rings is 1. The SMILES string of the molecule is C[C@H](NS(=O)(=O)c1ccccc1C(F)(F)F)C(=O)Nc1nnc(-c2ccccn2)s1. The Balaban J connectivity index is 1.73. The van der Waals surface area contributed by atoms with Gasteiger partial charge in [0.05, 0.1) is 16.5 Å². The number of carbonyl (C=O) groups excluding carboxylic acids is 1. The molecule has 2 N–H and O–H groups in total. The molecule has 0 aliphatic carbocycles. The van der Waals surface area contributed by atoms with Crippen LogP contribution in [0.2, 0.25) is 0 Å². The smallest absolute Gasteiger partial charge is 0.299 e. The zero-order valence-corrected chi connectivity index (χ0v) is 16.8. The van der Waals surface area contributed by atoms with Crippen LogP contribution in [0.4, 0.5) is 18.3 Å². The normalized spacial score (nSPS) is 13.1. The van der Waals surface area contributed by atoms with Crippen LogP contribution >= 0.6 is 11.3 Å². The zero-order valence-electron chi connectivity index (χ0n) is 15.2. The largest absolute Gasteiger partial charge is 0.417 e. The number of rotatable bonds is 6.